The summed E-state index contributed by atoms with van der Waals surface area (Å²) in [5.74, 6) is 0. The molecule has 0 bridgehead atoms. The monoisotopic (exact) mass is 238 g/mol. The van der Waals surface area contributed by atoms with Crippen LogP contribution < -0.4 is 4.72 Å². The Morgan fingerprint density at radius 2 is 1.94 bits per heavy atom. The second-order valence-electron chi connectivity index (χ2n) is 3.98. The lowest BCUT2D eigenvalue weighted by Gasteiger charge is -2.04. The highest BCUT2D eigenvalue weighted by Crippen LogP contribution is 2.27. The fourth-order valence-corrected chi connectivity index (χ4v) is 2.34. The fourth-order valence-electron chi connectivity index (χ4n) is 1.77. The Hall–Kier alpha value is -1.49. The first kappa shape index (κ1) is 11.0. The first-order valence-corrected chi connectivity index (χ1v) is 6.83. The van der Waals surface area contributed by atoms with E-state index in [9.17, 15) is 8.42 Å². The molecule has 1 aromatic carbocycles. The smallest absolute Gasteiger partial charge is 0.229 e. The molecule has 86 valence electrons. The van der Waals surface area contributed by atoms with E-state index in [2.05, 4.69) is 9.71 Å². The van der Waals surface area contributed by atoms with Gasteiger partial charge in [0.2, 0.25) is 10.0 Å². The molecule has 1 aromatic heterocycles. The predicted octanol–water partition coefficient (Wildman–Crippen LogP) is 2.16. The number of H-pyrrole nitrogens is 1. The maximum atomic E-state index is 11.2. The number of para-hydroxylation sites is 1. The van der Waals surface area contributed by atoms with Crippen molar-refractivity contribution >= 4 is 26.6 Å². The number of hydrogen-bond acceptors (Lipinski definition) is 2. The summed E-state index contributed by atoms with van der Waals surface area (Å²) in [6, 6.07) is 5.57. The van der Waals surface area contributed by atoms with Crippen molar-refractivity contribution in [3.05, 3.63) is 29.5 Å². The number of fused-ring (bicyclic) bond motifs is 1. The fraction of sp³-hybridized carbons (Fsp3) is 0.273. The van der Waals surface area contributed by atoms with Crippen LogP contribution in [-0.4, -0.2) is 19.7 Å². The molecule has 4 nitrogen and oxygen atoms in total. The van der Waals surface area contributed by atoms with Crippen molar-refractivity contribution in [3.63, 3.8) is 0 Å². The Balaban J connectivity index is 2.67. The zero-order valence-corrected chi connectivity index (χ0v) is 10.3. The van der Waals surface area contributed by atoms with Crippen LogP contribution >= 0.6 is 0 Å². The number of rotatable bonds is 2. The standard InChI is InChI=1S/C11H14N2O2S/c1-7-8(2)12-11-9(7)5-4-6-10(11)13-16(3,14)15/h4-6,12-13H,1-3H3. The van der Waals surface area contributed by atoms with E-state index in [1.54, 1.807) is 6.07 Å². The largest absolute Gasteiger partial charge is 0.357 e. The van der Waals surface area contributed by atoms with Gasteiger partial charge in [0.25, 0.3) is 0 Å². The van der Waals surface area contributed by atoms with Crippen LogP contribution in [0.2, 0.25) is 0 Å². The van der Waals surface area contributed by atoms with Gasteiger partial charge in [0.1, 0.15) is 0 Å². The molecule has 5 heteroatoms. The normalized spacial score (nSPS) is 11.9. The van der Waals surface area contributed by atoms with Gasteiger partial charge in [-0.05, 0) is 25.5 Å². The minimum Gasteiger partial charge on any atom is -0.357 e. The Morgan fingerprint density at radius 3 is 2.56 bits per heavy atom. The van der Waals surface area contributed by atoms with Gasteiger partial charge in [0, 0.05) is 11.1 Å². The van der Waals surface area contributed by atoms with Gasteiger partial charge >= 0.3 is 0 Å². The van der Waals surface area contributed by atoms with E-state index in [4.69, 9.17) is 0 Å². The third kappa shape index (κ3) is 1.90. The van der Waals surface area contributed by atoms with Crippen LogP contribution in [0.3, 0.4) is 0 Å². The number of nitrogens with one attached hydrogen (secondary N) is 2. The lowest BCUT2D eigenvalue weighted by Crippen LogP contribution is -2.09. The quantitative estimate of drug-likeness (QED) is 0.842. The van der Waals surface area contributed by atoms with Crippen molar-refractivity contribution in [3.8, 4) is 0 Å². The SMILES string of the molecule is Cc1[nH]c2c(NS(C)(=O)=O)cccc2c1C. The van der Waals surface area contributed by atoms with Crippen molar-refractivity contribution in [1.29, 1.82) is 0 Å². The highest BCUT2D eigenvalue weighted by molar-refractivity contribution is 7.92. The molecular formula is C11H14N2O2S. The number of anilines is 1. The third-order valence-electron chi connectivity index (χ3n) is 2.64. The molecule has 0 atom stereocenters. The van der Waals surface area contributed by atoms with Gasteiger partial charge < -0.3 is 4.98 Å². The zero-order chi connectivity index (χ0) is 11.9. The van der Waals surface area contributed by atoms with Crippen molar-refractivity contribution in [2.45, 2.75) is 13.8 Å². The summed E-state index contributed by atoms with van der Waals surface area (Å²) in [6.07, 6.45) is 1.15. The second kappa shape index (κ2) is 3.52. The predicted molar refractivity (Wildman–Crippen MR) is 66.2 cm³/mol. The second-order valence-corrected chi connectivity index (χ2v) is 5.73. The lowest BCUT2D eigenvalue weighted by atomic mass is 10.1. The summed E-state index contributed by atoms with van der Waals surface area (Å²) in [6.45, 7) is 3.98. The van der Waals surface area contributed by atoms with E-state index < -0.39 is 10.0 Å². The molecule has 0 spiro atoms. The molecule has 0 saturated heterocycles. The van der Waals surface area contributed by atoms with Crippen molar-refractivity contribution in [2.24, 2.45) is 0 Å². The molecule has 0 aliphatic carbocycles. The van der Waals surface area contributed by atoms with Crippen LogP contribution in [0.15, 0.2) is 18.2 Å². The molecule has 0 amide bonds. The van der Waals surface area contributed by atoms with E-state index in [0.29, 0.717) is 5.69 Å². The first-order chi connectivity index (χ1) is 7.38. The number of aryl methyl sites for hydroxylation is 2. The maximum absolute atomic E-state index is 11.2. The molecule has 0 aliphatic rings. The molecule has 0 radical (unpaired) electrons. The maximum Gasteiger partial charge on any atom is 0.229 e. The first-order valence-electron chi connectivity index (χ1n) is 4.94. The molecule has 0 saturated carbocycles. The summed E-state index contributed by atoms with van der Waals surface area (Å²) in [4.78, 5) is 3.19. The summed E-state index contributed by atoms with van der Waals surface area (Å²) >= 11 is 0. The van der Waals surface area contributed by atoms with Crippen LogP contribution in [0.4, 0.5) is 5.69 Å². The number of sulfonamides is 1. The van der Waals surface area contributed by atoms with Gasteiger partial charge in [0.15, 0.2) is 0 Å². The summed E-state index contributed by atoms with van der Waals surface area (Å²) in [5, 5.41) is 1.05. The molecule has 0 fully saturated rings. The lowest BCUT2D eigenvalue weighted by molar-refractivity contribution is 0.607. The van der Waals surface area contributed by atoms with Gasteiger partial charge in [-0.1, -0.05) is 12.1 Å². The number of aromatic amines is 1. The van der Waals surface area contributed by atoms with Crippen molar-refractivity contribution in [2.75, 3.05) is 11.0 Å². The Morgan fingerprint density at radius 1 is 1.25 bits per heavy atom. The van der Waals surface area contributed by atoms with Crippen molar-refractivity contribution in [1.82, 2.24) is 4.98 Å². The molecule has 0 aliphatic heterocycles. The average Bonchev–Trinajstić information content (AvgIpc) is 2.43. The zero-order valence-electron chi connectivity index (χ0n) is 9.46. The molecule has 0 unspecified atom stereocenters. The Labute approximate surface area is 94.7 Å². The topological polar surface area (TPSA) is 62.0 Å². The van der Waals surface area contributed by atoms with Gasteiger partial charge in [-0.2, -0.15) is 0 Å². The molecule has 2 rings (SSSR count). The summed E-state index contributed by atoms with van der Waals surface area (Å²) in [7, 11) is -3.24. The Kier molecular flexibility index (Phi) is 2.42. The summed E-state index contributed by atoms with van der Waals surface area (Å²) in [5.41, 5.74) is 3.63. The molecular weight excluding hydrogens is 224 g/mol. The van der Waals surface area contributed by atoms with Gasteiger partial charge in [-0.15, -0.1) is 0 Å². The molecule has 1 heterocycles. The van der Waals surface area contributed by atoms with Crippen LogP contribution in [0, 0.1) is 13.8 Å². The van der Waals surface area contributed by atoms with Crippen LogP contribution in [-0.2, 0) is 10.0 Å². The van der Waals surface area contributed by atoms with Crippen LogP contribution in [0.5, 0.6) is 0 Å². The Bertz CT molecular complexity index is 641. The van der Waals surface area contributed by atoms with Crippen LogP contribution in [0.25, 0.3) is 10.9 Å². The van der Waals surface area contributed by atoms with Crippen molar-refractivity contribution < 1.29 is 8.42 Å². The molecule has 16 heavy (non-hydrogen) atoms. The highest BCUT2D eigenvalue weighted by Gasteiger charge is 2.10. The number of hydrogen-bond donors (Lipinski definition) is 2. The minimum absolute atomic E-state index is 0.594. The van der Waals surface area contributed by atoms with Crippen LogP contribution in [0.1, 0.15) is 11.3 Å². The minimum atomic E-state index is -3.24. The number of benzene rings is 1. The molecule has 2 N–H and O–H groups in total. The van der Waals surface area contributed by atoms with E-state index in [-0.39, 0.29) is 0 Å². The highest BCUT2D eigenvalue weighted by atomic mass is 32.2. The van der Waals surface area contributed by atoms with Gasteiger partial charge in [-0.25, -0.2) is 8.42 Å². The third-order valence-corrected chi connectivity index (χ3v) is 3.23. The van der Waals surface area contributed by atoms with Gasteiger partial charge in [0.05, 0.1) is 17.5 Å². The van der Waals surface area contributed by atoms with E-state index in [1.165, 1.54) is 0 Å². The molecule has 2 aromatic rings. The van der Waals surface area contributed by atoms with Gasteiger partial charge in [-0.3, -0.25) is 4.72 Å². The van der Waals surface area contributed by atoms with E-state index >= 15 is 0 Å². The average molecular weight is 238 g/mol. The summed E-state index contributed by atoms with van der Waals surface area (Å²) < 4.78 is 24.9. The number of aromatic nitrogens is 1. The van der Waals surface area contributed by atoms with E-state index in [1.807, 2.05) is 26.0 Å². The van der Waals surface area contributed by atoms with E-state index in [0.717, 1.165) is 28.4 Å².